The van der Waals surface area contributed by atoms with Crippen LogP contribution < -0.4 is 5.32 Å². The first-order chi connectivity index (χ1) is 5.81. The highest BCUT2D eigenvalue weighted by Crippen LogP contribution is 2.35. The van der Waals surface area contributed by atoms with E-state index in [0.717, 1.165) is 6.54 Å². The predicted octanol–water partition coefficient (Wildman–Crippen LogP) is 0.547. The largest absolute Gasteiger partial charge is 0.469 e. The van der Waals surface area contributed by atoms with Crippen molar-refractivity contribution in [2.24, 2.45) is 11.8 Å². The van der Waals surface area contributed by atoms with Crippen molar-refractivity contribution in [2.75, 3.05) is 13.7 Å². The average Bonchev–Trinajstić information content (AvgIpc) is 2.47. The van der Waals surface area contributed by atoms with Crippen molar-refractivity contribution in [3.05, 3.63) is 0 Å². The molecule has 0 amide bonds. The fraction of sp³-hybridized carbons (Fsp3) is 0.889. The van der Waals surface area contributed by atoms with Crippen LogP contribution in [0.3, 0.4) is 0 Å². The van der Waals surface area contributed by atoms with Gasteiger partial charge < -0.3 is 10.1 Å². The van der Waals surface area contributed by atoms with Gasteiger partial charge in [0.1, 0.15) is 0 Å². The van der Waals surface area contributed by atoms with Gasteiger partial charge in [-0.05, 0) is 25.2 Å². The molecule has 0 radical (unpaired) electrons. The molecule has 2 fully saturated rings. The van der Waals surface area contributed by atoms with Crippen LogP contribution in [0.15, 0.2) is 0 Å². The zero-order valence-corrected chi connectivity index (χ0v) is 7.38. The highest BCUT2D eigenvalue weighted by molar-refractivity contribution is 5.73. The number of nitrogens with one attached hydrogen (secondary N) is 1. The maximum atomic E-state index is 11.3. The van der Waals surface area contributed by atoms with E-state index in [1.165, 1.54) is 26.4 Å². The molecule has 2 rings (SSSR count). The van der Waals surface area contributed by atoms with E-state index in [1.54, 1.807) is 0 Å². The molecular weight excluding hydrogens is 154 g/mol. The standard InChI is InChI=1S/C9H15NO2/c1-12-9(11)8-5-10-7-3-2-6(8)4-7/h6-8,10H,2-5H2,1H3. The van der Waals surface area contributed by atoms with Gasteiger partial charge in [-0.2, -0.15) is 0 Å². The van der Waals surface area contributed by atoms with Crippen molar-refractivity contribution in [1.29, 1.82) is 0 Å². The molecule has 12 heavy (non-hydrogen) atoms. The molecule has 0 aromatic heterocycles. The summed E-state index contributed by atoms with van der Waals surface area (Å²) in [5, 5.41) is 3.37. The summed E-state index contributed by atoms with van der Waals surface area (Å²) in [6.07, 6.45) is 3.59. The van der Waals surface area contributed by atoms with E-state index in [0.29, 0.717) is 12.0 Å². The second-order valence-electron chi connectivity index (χ2n) is 3.81. The molecular formula is C9H15NO2. The van der Waals surface area contributed by atoms with Gasteiger partial charge in [-0.3, -0.25) is 4.79 Å². The summed E-state index contributed by atoms with van der Waals surface area (Å²) in [6.45, 7) is 0.821. The Morgan fingerprint density at radius 3 is 3.08 bits per heavy atom. The molecule has 0 spiro atoms. The topological polar surface area (TPSA) is 38.3 Å². The van der Waals surface area contributed by atoms with Crippen LogP contribution in [0.4, 0.5) is 0 Å². The summed E-state index contributed by atoms with van der Waals surface area (Å²) in [6, 6.07) is 0.677. The van der Waals surface area contributed by atoms with Gasteiger partial charge in [0.25, 0.3) is 0 Å². The number of rotatable bonds is 1. The Balaban J connectivity index is 2.02. The van der Waals surface area contributed by atoms with Crippen molar-refractivity contribution < 1.29 is 9.53 Å². The molecule has 1 aliphatic heterocycles. The summed E-state index contributed by atoms with van der Waals surface area (Å²) in [4.78, 5) is 11.3. The zero-order chi connectivity index (χ0) is 8.55. The molecule has 1 saturated heterocycles. The van der Waals surface area contributed by atoms with E-state index < -0.39 is 0 Å². The van der Waals surface area contributed by atoms with Crippen LogP contribution in [0.2, 0.25) is 0 Å². The van der Waals surface area contributed by atoms with Gasteiger partial charge >= 0.3 is 5.97 Å². The van der Waals surface area contributed by atoms with Gasteiger partial charge in [0.05, 0.1) is 13.0 Å². The van der Waals surface area contributed by atoms with Gasteiger partial charge in [-0.25, -0.2) is 0 Å². The normalized spacial score (nSPS) is 39.6. The first kappa shape index (κ1) is 8.05. The summed E-state index contributed by atoms with van der Waals surface area (Å²) in [5.41, 5.74) is 0. The third-order valence-corrected chi connectivity index (χ3v) is 3.17. The maximum Gasteiger partial charge on any atom is 0.310 e. The van der Waals surface area contributed by atoms with Crippen molar-refractivity contribution in [2.45, 2.75) is 25.3 Å². The van der Waals surface area contributed by atoms with Crippen LogP contribution in [0.5, 0.6) is 0 Å². The lowest BCUT2D eigenvalue weighted by Gasteiger charge is -2.27. The Labute approximate surface area is 72.5 Å². The van der Waals surface area contributed by atoms with E-state index in [1.807, 2.05) is 0 Å². The van der Waals surface area contributed by atoms with Crippen LogP contribution in [-0.4, -0.2) is 25.7 Å². The van der Waals surface area contributed by atoms with Crippen molar-refractivity contribution in [3.8, 4) is 0 Å². The molecule has 3 unspecified atom stereocenters. The molecule has 2 aliphatic rings. The van der Waals surface area contributed by atoms with E-state index in [9.17, 15) is 4.79 Å². The van der Waals surface area contributed by atoms with Crippen molar-refractivity contribution >= 4 is 5.97 Å². The Morgan fingerprint density at radius 2 is 2.33 bits per heavy atom. The molecule has 1 aliphatic carbocycles. The molecule has 68 valence electrons. The van der Waals surface area contributed by atoms with E-state index in [-0.39, 0.29) is 11.9 Å². The SMILES string of the molecule is COC(=O)C1CNC2CCC1C2. The Morgan fingerprint density at radius 1 is 1.50 bits per heavy atom. The molecule has 2 bridgehead atoms. The predicted molar refractivity (Wildman–Crippen MR) is 44.6 cm³/mol. The minimum atomic E-state index is -0.0344. The van der Waals surface area contributed by atoms with Crippen molar-refractivity contribution in [1.82, 2.24) is 5.32 Å². The number of hydrogen-bond acceptors (Lipinski definition) is 3. The fourth-order valence-corrected chi connectivity index (χ4v) is 2.45. The second-order valence-corrected chi connectivity index (χ2v) is 3.81. The average molecular weight is 169 g/mol. The highest BCUT2D eigenvalue weighted by atomic mass is 16.5. The lowest BCUT2D eigenvalue weighted by atomic mass is 9.88. The van der Waals surface area contributed by atoms with Gasteiger partial charge in [0.2, 0.25) is 0 Å². The minimum Gasteiger partial charge on any atom is -0.469 e. The monoisotopic (exact) mass is 169 g/mol. The number of methoxy groups -OCH3 is 1. The molecule has 3 nitrogen and oxygen atoms in total. The smallest absolute Gasteiger partial charge is 0.310 e. The summed E-state index contributed by atoms with van der Waals surface area (Å²) in [7, 11) is 1.48. The zero-order valence-electron chi connectivity index (χ0n) is 7.38. The molecule has 1 saturated carbocycles. The van der Waals surface area contributed by atoms with E-state index >= 15 is 0 Å². The first-order valence-electron chi connectivity index (χ1n) is 4.62. The fourth-order valence-electron chi connectivity index (χ4n) is 2.45. The number of carbonyl (C=O) groups excluding carboxylic acids is 1. The van der Waals surface area contributed by atoms with Gasteiger partial charge in [0.15, 0.2) is 0 Å². The highest BCUT2D eigenvalue weighted by Gasteiger charge is 2.39. The summed E-state index contributed by atoms with van der Waals surface area (Å²) < 4.78 is 4.76. The molecule has 0 aromatic carbocycles. The quantitative estimate of drug-likeness (QED) is 0.582. The molecule has 1 N–H and O–H groups in total. The second kappa shape index (κ2) is 3.05. The number of piperidine rings is 1. The molecule has 0 aromatic rings. The Bertz CT molecular complexity index is 193. The molecule has 3 atom stereocenters. The van der Waals surface area contributed by atoms with Crippen LogP contribution in [0.25, 0.3) is 0 Å². The maximum absolute atomic E-state index is 11.3. The van der Waals surface area contributed by atoms with Crippen LogP contribution in [0, 0.1) is 11.8 Å². The lowest BCUT2D eigenvalue weighted by Crippen LogP contribution is -2.42. The van der Waals surface area contributed by atoms with Gasteiger partial charge in [-0.1, -0.05) is 0 Å². The van der Waals surface area contributed by atoms with Crippen molar-refractivity contribution in [3.63, 3.8) is 0 Å². The van der Waals surface area contributed by atoms with E-state index in [2.05, 4.69) is 5.32 Å². The number of ether oxygens (including phenoxy) is 1. The Hall–Kier alpha value is -0.570. The molecule has 3 heteroatoms. The third kappa shape index (κ3) is 1.22. The van der Waals surface area contributed by atoms with E-state index in [4.69, 9.17) is 4.74 Å². The Kier molecular flexibility index (Phi) is 2.05. The van der Waals surface area contributed by atoms with Crippen LogP contribution in [-0.2, 0) is 9.53 Å². The van der Waals surface area contributed by atoms with Gasteiger partial charge in [-0.15, -0.1) is 0 Å². The van der Waals surface area contributed by atoms with Gasteiger partial charge in [0, 0.05) is 12.6 Å². The first-order valence-corrected chi connectivity index (χ1v) is 4.62. The van der Waals surface area contributed by atoms with Crippen LogP contribution in [0.1, 0.15) is 19.3 Å². The van der Waals surface area contributed by atoms with Crippen LogP contribution >= 0.6 is 0 Å². The minimum absolute atomic E-state index is 0.0344. The third-order valence-electron chi connectivity index (χ3n) is 3.17. The lowest BCUT2D eigenvalue weighted by molar-refractivity contribution is -0.147. The summed E-state index contributed by atoms with van der Waals surface area (Å²) in [5.74, 6) is 0.672. The number of carbonyl (C=O) groups is 1. The number of fused-ring (bicyclic) bond motifs is 2. The number of hydrogen-bond donors (Lipinski definition) is 1. The molecule has 1 heterocycles. The summed E-state index contributed by atoms with van der Waals surface area (Å²) >= 11 is 0. The number of esters is 1.